The molecule has 6 nitrogen and oxygen atoms in total. The number of nitrogens with one attached hydrogen (secondary N) is 1. The molecule has 2 rings (SSSR count). The van der Waals surface area contributed by atoms with Gasteiger partial charge in [-0.2, -0.15) is 0 Å². The molecule has 0 bridgehead atoms. The summed E-state index contributed by atoms with van der Waals surface area (Å²) in [6, 6.07) is 6.49. The Labute approximate surface area is 151 Å². The van der Waals surface area contributed by atoms with Crippen LogP contribution in [-0.4, -0.2) is 51.6 Å². The van der Waals surface area contributed by atoms with E-state index in [1.165, 1.54) is 0 Å². The minimum atomic E-state index is -3.50. The summed E-state index contributed by atoms with van der Waals surface area (Å²) in [4.78, 5) is 13.8. The van der Waals surface area contributed by atoms with Gasteiger partial charge in [0.1, 0.15) is 0 Å². The maximum Gasteiger partial charge on any atom is 0.305 e. The second-order valence-electron chi connectivity index (χ2n) is 5.77. The molecule has 1 heterocycles. The summed E-state index contributed by atoms with van der Waals surface area (Å²) in [6.45, 7) is 4.47. The van der Waals surface area contributed by atoms with Gasteiger partial charge in [0.25, 0.3) is 0 Å². The zero-order chi connectivity index (χ0) is 17.6. The van der Waals surface area contributed by atoms with E-state index in [0.717, 1.165) is 30.4 Å². The lowest BCUT2D eigenvalue weighted by molar-refractivity contribution is -0.143. The van der Waals surface area contributed by atoms with Gasteiger partial charge in [-0.05, 0) is 57.1 Å². The van der Waals surface area contributed by atoms with Crippen LogP contribution in [0.1, 0.15) is 26.2 Å². The molecule has 0 saturated carbocycles. The van der Waals surface area contributed by atoms with Crippen LogP contribution in [0, 0.1) is 0 Å². The number of sulfonamides is 1. The lowest BCUT2D eigenvalue weighted by atomic mass is 10.3. The number of esters is 1. The number of likely N-dealkylation sites (tertiary alicyclic amines) is 1. The minimum absolute atomic E-state index is 0.0961. The molecule has 0 amide bonds. The molecule has 1 aliphatic heterocycles. The van der Waals surface area contributed by atoms with E-state index in [2.05, 4.69) is 25.6 Å². The van der Waals surface area contributed by atoms with Gasteiger partial charge in [-0.3, -0.25) is 4.79 Å². The lowest BCUT2D eigenvalue weighted by Gasteiger charge is -2.16. The summed E-state index contributed by atoms with van der Waals surface area (Å²) in [5, 5.41) is 0. The molecule has 0 radical (unpaired) electrons. The van der Waals surface area contributed by atoms with E-state index >= 15 is 0 Å². The van der Waals surface area contributed by atoms with Crippen molar-refractivity contribution >= 4 is 31.9 Å². The van der Waals surface area contributed by atoms with Crippen molar-refractivity contribution in [1.29, 1.82) is 0 Å². The Hall–Kier alpha value is -0.960. The Balaban J connectivity index is 1.79. The maximum absolute atomic E-state index is 12.4. The van der Waals surface area contributed by atoms with Crippen LogP contribution in [0.15, 0.2) is 33.6 Å². The minimum Gasteiger partial charge on any atom is -0.466 e. The number of hydrogen-bond acceptors (Lipinski definition) is 5. The van der Waals surface area contributed by atoms with Gasteiger partial charge in [0, 0.05) is 23.5 Å². The highest BCUT2D eigenvalue weighted by Gasteiger charge is 2.27. The van der Waals surface area contributed by atoms with Crippen molar-refractivity contribution in [3.05, 3.63) is 28.7 Å². The number of halogens is 1. The summed E-state index contributed by atoms with van der Waals surface area (Å²) in [7, 11) is -3.50. The van der Waals surface area contributed by atoms with Crippen LogP contribution in [0.3, 0.4) is 0 Å². The van der Waals surface area contributed by atoms with E-state index in [4.69, 9.17) is 4.74 Å². The smallest absolute Gasteiger partial charge is 0.305 e. The van der Waals surface area contributed by atoms with Crippen LogP contribution in [0.25, 0.3) is 0 Å². The van der Waals surface area contributed by atoms with Crippen LogP contribution in [0.5, 0.6) is 0 Å². The van der Waals surface area contributed by atoms with Crippen molar-refractivity contribution in [2.45, 2.75) is 37.1 Å². The van der Waals surface area contributed by atoms with E-state index in [1.54, 1.807) is 31.2 Å². The Morgan fingerprint density at radius 2 is 2.08 bits per heavy atom. The van der Waals surface area contributed by atoms with Crippen LogP contribution in [0.2, 0.25) is 0 Å². The second kappa shape index (κ2) is 8.94. The molecule has 1 aromatic rings. The third-order valence-electron chi connectivity index (χ3n) is 3.88. The van der Waals surface area contributed by atoms with Gasteiger partial charge in [0.2, 0.25) is 10.0 Å². The second-order valence-corrected chi connectivity index (χ2v) is 8.40. The van der Waals surface area contributed by atoms with Crippen LogP contribution >= 0.6 is 15.9 Å². The third kappa shape index (κ3) is 5.84. The predicted molar refractivity (Wildman–Crippen MR) is 95.2 cm³/mol. The van der Waals surface area contributed by atoms with Crippen molar-refractivity contribution in [3.8, 4) is 0 Å². The number of carbonyl (C=O) groups excluding carboxylic acids is 1. The topological polar surface area (TPSA) is 75.7 Å². The zero-order valence-electron chi connectivity index (χ0n) is 13.7. The van der Waals surface area contributed by atoms with Crippen molar-refractivity contribution in [2.24, 2.45) is 0 Å². The van der Waals surface area contributed by atoms with Gasteiger partial charge >= 0.3 is 5.97 Å². The number of nitrogens with zero attached hydrogens (tertiary/aromatic N) is 1. The highest BCUT2D eigenvalue weighted by molar-refractivity contribution is 9.10. The van der Waals surface area contributed by atoms with E-state index < -0.39 is 10.0 Å². The van der Waals surface area contributed by atoms with Gasteiger partial charge in [-0.15, -0.1) is 0 Å². The van der Waals surface area contributed by atoms with Crippen molar-refractivity contribution in [1.82, 2.24) is 9.62 Å². The Bertz CT molecular complexity index is 649. The lowest BCUT2D eigenvalue weighted by Crippen LogP contribution is -2.37. The molecule has 0 spiro atoms. The molecular weight excluding hydrogens is 396 g/mol. The number of hydrogen-bond donors (Lipinski definition) is 1. The average Bonchev–Trinajstić information content (AvgIpc) is 2.94. The van der Waals surface area contributed by atoms with Crippen molar-refractivity contribution in [2.75, 3.05) is 26.2 Å². The molecule has 0 aliphatic carbocycles. The van der Waals surface area contributed by atoms with Crippen molar-refractivity contribution < 1.29 is 17.9 Å². The first-order valence-corrected chi connectivity index (χ1v) is 10.3. The normalized spacial score (nSPS) is 18.7. The monoisotopic (exact) mass is 418 g/mol. The van der Waals surface area contributed by atoms with E-state index in [-0.39, 0.29) is 16.9 Å². The quantitative estimate of drug-likeness (QED) is 0.654. The Morgan fingerprint density at radius 3 is 2.75 bits per heavy atom. The SMILES string of the molecule is CCOC(=O)CCCN1CCC(NS(=O)(=O)c2ccc(Br)cc2)C1. The standard InChI is InChI=1S/C16H23BrN2O4S/c1-2-23-16(20)4-3-10-19-11-9-14(12-19)18-24(21,22)15-7-5-13(17)6-8-15/h5-8,14,18H,2-4,9-12H2,1H3. The molecule has 1 N–H and O–H groups in total. The summed E-state index contributed by atoms with van der Waals surface area (Å²) >= 11 is 3.30. The van der Waals surface area contributed by atoms with Gasteiger partial charge in [-0.25, -0.2) is 13.1 Å². The fourth-order valence-corrected chi connectivity index (χ4v) is 4.24. The summed E-state index contributed by atoms with van der Waals surface area (Å²) in [6.07, 6.45) is 1.90. The van der Waals surface area contributed by atoms with Gasteiger partial charge in [-0.1, -0.05) is 15.9 Å². The highest BCUT2D eigenvalue weighted by Crippen LogP contribution is 2.17. The molecule has 1 fully saturated rings. The van der Waals surface area contributed by atoms with E-state index in [1.807, 2.05) is 0 Å². The summed E-state index contributed by atoms with van der Waals surface area (Å²) in [5.74, 6) is -0.177. The molecule has 1 saturated heterocycles. The number of rotatable bonds is 8. The van der Waals surface area contributed by atoms with Crippen LogP contribution < -0.4 is 4.72 Å². The molecular formula is C16H23BrN2O4S. The summed E-state index contributed by atoms with van der Waals surface area (Å²) < 4.78 is 33.3. The fourth-order valence-electron chi connectivity index (χ4n) is 2.71. The molecule has 1 atom stereocenters. The number of carbonyl (C=O) groups is 1. The molecule has 1 aromatic carbocycles. The van der Waals surface area contributed by atoms with Gasteiger partial charge in [0.15, 0.2) is 0 Å². The predicted octanol–water partition coefficient (Wildman–Crippen LogP) is 2.14. The first kappa shape index (κ1) is 19.4. The largest absolute Gasteiger partial charge is 0.466 e. The third-order valence-corrected chi connectivity index (χ3v) is 5.94. The van der Waals surface area contributed by atoms with Crippen LogP contribution in [-0.2, 0) is 19.6 Å². The van der Waals surface area contributed by atoms with Crippen LogP contribution in [0.4, 0.5) is 0 Å². The van der Waals surface area contributed by atoms with Gasteiger partial charge in [0.05, 0.1) is 11.5 Å². The highest BCUT2D eigenvalue weighted by atomic mass is 79.9. The molecule has 1 unspecified atom stereocenters. The van der Waals surface area contributed by atoms with Crippen molar-refractivity contribution in [3.63, 3.8) is 0 Å². The molecule has 1 aliphatic rings. The Kier molecular flexibility index (Phi) is 7.21. The Morgan fingerprint density at radius 1 is 1.38 bits per heavy atom. The first-order valence-electron chi connectivity index (χ1n) is 8.06. The average molecular weight is 419 g/mol. The summed E-state index contributed by atoms with van der Waals surface area (Å²) in [5.41, 5.74) is 0. The van der Waals surface area contributed by atoms with E-state index in [9.17, 15) is 13.2 Å². The maximum atomic E-state index is 12.4. The molecule has 8 heteroatoms. The fraction of sp³-hybridized carbons (Fsp3) is 0.562. The molecule has 134 valence electrons. The van der Waals surface area contributed by atoms with Gasteiger partial charge < -0.3 is 9.64 Å². The van der Waals surface area contributed by atoms with E-state index in [0.29, 0.717) is 19.6 Å². The molecule has 24 heavy (non-hydrogen) atoms. The first-order chi connectivity index (χ1) is 11.4. The number of ether oxygens (including phenoxy) is 1. The zero-order valence-corrected chi connectivity index (χ0v) is 16.1. The molecule has 0 aromatic heterocycles. The number of benzene rings is 1.